The number of carbonyl (C=O) groups excluding carboxylic acids is 5. The molecule has 0 aromatic heterocycles. The molecule has 60 heavy (non-hydrogen) atoms. The predicted octanol–water partition coefficient (Wildman–Crippen LogP) is 9.98. The summed E-state index contributed by atoms with van der Waals surface area (Å²) >= 11 is 0. The normalized spacial score (nSPS) is 10.8. The van der Waals surface area contributed by atoms with E-state index in [1.807, 2.05) is 36.4 Å². The zero-order valence-electron chi connectivity index (χ0n) is 34.4. The molecular weight excluding hydrogens is 761 g/mol. The van der Waals surface area contributed by atoms with Gasteiger partial charge in [-0.2, -0.15) is 0 Å². The maximum Gasteiger partial charge on any atom is 0.343 e. The molecule has 0 aliphatic carbocycles. The number of unbranched alkanes of at least 4 members (excludes halogenated alkanes) is 2. The van der Waals surface area contributed by atoms with Gasteiger partial charge in [-0.1, -0.05) is 68.3 Å². The summed E-state index contributed by atoms with van der Waals surface area (Å²) in [4.78, 5) is 62.1. The number of aryl methyl sites for hydroxylation is 2. The molecular formula is C50H50O10. The van der Waals surface area contributed by atoms with E-state index in [0.29, 0.717) is 41.1 Å². The molecule has 0 heterocycles. The Morgan fingerprint density at radius 3 is 1.37 bits per heavy atom. The number of benzene rings is 5. The number of esters is 5. The first kappa shape index (κ1) is 44.3. The van der Waals surface area contributed by atoms with Crippen molar-refractivity contribution in [2.45, 2.75) is 65.7 Å². The molecule has 0 bridgehead atoms. The Labute approximate surface area is 350 Å². The number of ether oxygens (including phenoxy) is 5. The highest BCUT2D eigenvalue weighted by Gasteiger charge is 2.17. The van der Waals surface area contributed by atoms with Crippen LogP contribution in [0.3, 0.4) is 0 Å². The van der Waals surface area contributed by atoms with Gasteiger partial charge in [0.1, 0.15) is 11.5 Å². The average molecular weight is 811 g/mol. The summed E-state index contributed by atoms with van der Waals surface area (Å²) in [5.74, 6) is -2.02. The van der Waals surface area contributed by atoms with Gasteiger partial charge in [-0.25, -0.2) is 24.0 Å². The Balaban J connectivity index is 1.23. The van der Waals surface area contributed by atoms with Crippen LogP contribution >= 0.6 is 0 Å². The van der Waals surface area contributed by atoms with Crippen molar-refractivity contribution in [1.29, 1.82) is 0 Å². The Hall–Kier alpha value is -6.81. The minimum Gasteiger partial charge on any atom is -0.462 e. The summed E-state index contributed by atoms with van der Waals surface area (Å²) < 4.78 is 27.3. The molecule has 5 rings (SSSR count). The lowest BCUT2D eigenvalue weighted by molar-refractivity contribution is -0.139. The lowest BCUT2D eigenvalue weighted by Crippen LogP contribution is -2.13. The molecule has 10 nitrogen and oxygen atoms in total. The van der Waals surface area contributed by atoms with Gasteiger partial charge in [0.2, 0.25) is 0 Å². The molecule has 5 aromatic carbocycles. The highest BCUT2D eigenvalue weighted by molar-refractivity contribution is 5.98. The first-order chi connectivity index (χ1) is 28.8. The molecule has 0 aliphatic heterocycles. The van der Waals surface area contributed by atoms with Gasteiger partial charge in [0.05, 0.1) is 30.9 Å². The number of hydrogen-bond donors (Lipinski definition) is 0. The molecule has 10 heteroatoms. The van der Waals surface area contributed by atoms with E-state index in [1.165, 1.54) is 0 Å². The predicted molar refractivity (Wildman–Crippen MR) is 231 cm³/mol. The number of rotatable bonds is 20. The van der Waals surface area contributed by atoms with Crippen molar-refractivity contribution < 1.29 is 47.7 Å². The van der Waals surface area contributed by atoms with Crippen LogP contribution in [0.2, 0.25) is 0 Å². The van der Waals surface area contributed by atoms with E-state index in [2.05, 4.69) is 31.9 Å². The second-order valence-electron chi connectivity index (χ2n) is 14.8. The zero-order valence-corrected chi connectivity index (χ0v) is 34.4. The number of fused-ring (bicyclic) bond motifs is 2. The van der Waals surface area contributed by atoms with E-state index in [1.54, 1.807) is 63.2 Å². The van der Waals surface area contributed by atoms with E-state index in [-0.39, 0.29) is 42.0 Å². The Bertz CT molecular complexity index is 2460. The SMILES string of the molecule is C=C(C)C(=O)OCCCCc1ccc2cc(C(=O)Oc3ccc(OC(=O)c4ccc5cc(CCCCOC(=O)C(=C)C)ccc5c4)c(CCOC(=O)C(=C)C)c3)ccc2c1. The maximum atomic E-state index is 13.5. The van der Waals surface area contributed by atoms with Crippen LogP contribution in [0.5, 0.6) is 11.5 Å². The van der Waals surface area contributed by atoms with Crippen LogP contribution in [-0.4, -0.2) is 49.7 Å². The molecule has 0 amide bonds. The fourth-order valence-electron chi connectivity index (χ4n) is 6.21. The molecule has 0 radical (unpaired) electrons. The van der Waals surface area contributed by atoms with Crippen molar-refractivity contribution in [2.24, 2.45) is 0 Å². The molecule has 0 aliphatic rings. The van der Waals surface area contributed by atoms with Crippen molar-refractivity contribution in [3.63, 3.8) is 0 Å². The van der Waals surface area contributed by atoms with Gasteiger partial charge < -0.3 is 23.7 Å². The van der Waals surface area contributed by atoms with Crippen molar-refractivity contribution in [2.75, 3.05) is 19.8 Å². The molecule has 0 unspecified atom stereocenters. The third kappa shape index (κ3) is 12.8. The van der Waals surface area contributed by atoms with E-state index in [4.69, 9.17) is 23.7 Å². The van der Waals surface area contributed by atoms with Crippen molar-refractivity contribution in [3.8, 4) is 11.5 Å². The molecule has 5 aromatic rings. The monoisotopic (exact) mass is 810 g/mol. The van der Waals surface area contributed by atoms with Gasteiger partial charge >= 0.3 is 29.8 Å². The Kier molecular flexibility index (Phi) is 15.7. The Morgan fingerprint density at radius 1 is 0.450 bits per heavy atom. The fraction of sp³-hybridized carbons (Fsp3) is 0.260. The van der Waals surface area contributed by atoms with Gasteiger partial charge in [-0.15, -0.1) is 0 Å². The van der Waals surface area contributed by atoms with E-state index in [0.717, 1.165) is 71.2 Å². The summed E-state index contributed by atoms with van der Waals surface area (Å²) in [6.45, 7) is 16.3. The second kappa shape index (κ2) is 21.3. The average Bonchev–Trinajstić information content (AvgIpc) is 3.23. The standard InChI is InChI=1S/C50H50O10/c1-32(2)46(51)56-24-9-7-11-35-13-15-39-29-42(19-17-37(39)27-35)49(54)59-44-21-22-45(41(31-44)23-26-58-48(53)34(5)6)60-50(55)43-20-18-38-28-36(14-16-40(38)30-43)12-8-10-25-57-47(52)33(3)4/h13-22,27-31H,1,3,5,7-12,23-26H2,2,4,6H3. The fourth-order valence-corrected chi connectivity index (χ4v) is 6.21. The van der Waals surface area contributed by atoms with Gasteiger partial charge in [-0.05, 0) is 134 Å². The van der Waals surface area contributed by atoms with Crippen LogP contribution in [0.1, 0.15) is 83.9 Å². The molecule has 0 N–H and O–H groups in total. The molecule has 0 saturated heterocycles. The highest BCUT2D eigenvalue weighted by Crippen LogP contribution is 2.28. The summed E-state index contributed by atoms with van der Waals surface area (Å²) in [5.41, 5.74) is 4.46. The van der Waals surface area contributed by atoms with Crippen molar-refractivity contribution in [3.05, 3.63) is 155 Å². The number of hydrogen-bond acceptors (Lipinski definition) is 10. The van der Waals surface area contributed by atoms with E-state index >= 15 is 0 Å². The van der Waals surface area contributed by atoms with Crippen LogP contribution in [0.25, 0.3) is 21.5 Å². The summed E-state index contributed by atoms with van der Waals surface area (Å²) in [5, 5.41) is 3.67. The van der Waals surface area contributed by atoms with E-state index < -0.39 is 17.9 Å². The maximum absolute atomic E-state index is 13.5. The summed E-state index contributed by atoms with van der Waals surface area (Å²) in [6.07, 6.45) is 4.96. The molecule has 0 saturated carbocycles. The highest BCUT2D eigenvalue weighted by atomic mass is 16.6. The third-order valence-electron chi connectivity index (χ3n) is 9.56. The first-order valence-electron chi connectivity index (χ1n) is 19.9. The molecule has 310 valence electrons. The van der Waals surface area contributed by atoms with Gasteiger partial charge in [0.15, 0.2) is 0 Å². The lowest BCUT2D eigenvalue weighted by atomic mass is 10.0. The van der Waals surface area contributed by atoms with Crippen LogP contribution in [0, 0.1) is 0 Å². The van der Waals surface area contributed by atoms with Crippen LogP contribution in [0.4, 0.5) is 0 Å². The van der Waals surface area contributed by atoms with Crippen molar-refractivity contribution >= 4 is 51.4 Å². The third-order valence-corrected chi connectivity index (χ3v) is 9.56. The van der Waals surface area contributed by atoms with Crippen molar-refractivity contribution in [1.82, 2.24) is 0 Å². The van der Waals surface area contributed by atoms with Crippen LogP contribution < -0.4 is 9.47 Å². The summed E-state index contributed by atoms with van der Waals surface area (Å²) in [6, 6.07) is 27.4. The largest absolute Gasteiger partial charge is 0.462 e. The quantitative estimate of drug-likeness (QED) is 0.0246. The minimum atomic E-state index is -0.585. The van der Waals surface area contributed by atoms with Crippen LogP contribution in [0.15, 0.2) is 127 Å². The molecule has 0 spiro atoms. The Morgan fingerprint density at radius 2 is 0.883 bits per heavy atom. The van der Waals surface area contributed by atoms with Gasteiger partial charge in [-0.3, -0.25) is 0 Å². The second-order valence-corrected chi connectivity index (χ2v) is 14.8. The zero-order chi connectivity index (χ0) is 43.2. The van der Waals surface area contributed by atoms with Gasteiger partial charge in [0, 0.05) is 28.7 Å². The topological polar surface area (TPSA) is 132 Å². The molecule has 0 fully saturated rings. The van der Waals surface area contributed by atoms with E-state index in [9.17, 15) is 24.0 Å². The number of carbonyl (C=O) groups is 5. The minimum absolute atomic E-state index is 0.0271. The van der Waals surface area contributed by atoms with Crippen LogP contribution in [-0.2, 0) is 47.9 Å². The summed E-state index contributed by atoms with van der Waals surface area (Å²) in [7, 11) is 0. The van der Waals surface area contributed by atoms with Gasteiger partial charge in [0.25, 0.3) is 0 Å². The first-order valence-corrected chi connectivity index (χ1v) is 19.9. The molecule has 0 atom stereocenters. The lowest BCUT2D eigenvalue weighted by Gasteiger charge is -2.13. The smallest absolute Gasteiger partial charge is 0.343 e.